The van der Waals surface area contributed by atoms with Crippen molar-refractivity contribution in [1.82, 2.24) is 9.88 Å². The van der Waals surface area contributed by atoms with Gasteiger partial charge in [0.1, 0.15) is 0 Å². The number of hydrogen-bond donors (Lipinski definition) is 0. The average Bonchev–Trinajstić information content (AvgIpc) is 2.82. The highest BCUT2D eigenvalue weighted by Gasteiger charge is 2.12. The Kier molecular flexibility index (Phi) is 4.11. The van der Waals surface area contributed by atoms with Crippen LogP contribution in [0.25, 0.3) is 0 Å². The van der Waals surface area contributed by atoms with Gasteiger partial charge in [-0.05, 0) is 46.9 Å². The molecule has 3 nitrogen and oxygen atoms in total. The van der Waals surface area contributed by atoms with Crippen LogP contribution in [0.5, 0.6) is 0 Å². The topological polar surface area (TPSA) is 33.2 Å². The zero-order valence-corrected chi connectivity index (χ0v) is 12.2. The number of aromatic nitrogens is 1. The first kappa shape index (κ1) is 12.5. The van der Waals surface area contributed by atoms with Crippen LogP contribution in [0, 0.1) is 3.57 Å². The van der Waals surface area contributed by atoms with E-state index in [1.165, 1.54) is 0 Å². The summed E-state index contributed by atoms with van der Waals surface area (Å²) in [6.45, 7) is 0.550. The van der Waals surface area contributed by atoms with Gasteiger partial charge in [-0.2, -0.15) is 0 Å². The van der Waals surface area contributed by atoms with Gasteiger partial charge in [-0.1, -0.05) is 0 Å². The van der Waals surface area contributed by atoms with E-state index in [9.17, 15) is 4.79 Å². The molecule has 2 rings (SSSR count). The molecule has 0 saturated heterocycles. The van der Waals surface area contributed by atoms with Crippen molar-refractivity contribution >= 4 is 39.8 Å². The SMILES string of the molecule is CN(Cc1cscn1)C(=O)c1ccc(I)cc1. The lowest BCUT2D eigenvalue weighted by Crippen LogP contribution is -2.26. The van der Waals surface area contributed by atoms with Gasteiger partial charge < -0.3 is 4.90 Å². The van der Waals surface area contributed by atoms with Gasteiger partial charge in [0.2, 0.25) is 0 Å². The van der Waals surface area contributed by atoms with Crippen molar-refractivity contribution in [1.29, 1.82) is 0 Å². The number of amides is 1. The minimum absolute atomic E-state index is 0.0226. The molecule has 2 aromatic rings. The zero-order chi connectivity index (χ0) is 12.3. The third-order valence-corrected chi connectivity index (χ3v) is 3.67. The van der Waals surface area contributed by atoms with Gasteiger partial charge in [-0.25, -0.2) is 4.98 Å². The Bertz CT molecular complexity index is 496. The first-order valence-corrected chi connectivity index (χ1v) is 7.07. The number of rotatable bonds is 3. The maximum atomic E-state index is 12.1. The maximum Gasteiger partial charge on any atom is 0.253 e. The molecule has 0 radical (unpaired) electrons. The van der Waals surface area contributed by atoms with Crippen molar-refractivity contribution in [2.45, 2.75) is 6.54 Å². The van der Waals surface area contributed by atoms with Gasteiger partial charge in [0.05, 0.1) is 17.7 Å². The zero-order valence-electron chi connectivity index (χ0n) is 9.26. The third kappa shape index (κ3) is 3.26. The Labute approximate surface area is 118 Å². The lowest BCUT2D eigenvalue weighted by molar-refractivity contribution is 0.0783. The summed E-state index contributed by atoms with van der Waals surface area (Å²) in [4.78, 5) is 17.9. The van der Waals surface area contributed by atoms with E-state index in [2.05, 4.69) is 27.6 Å². The number of thiazole rings is 1. The summed E-state index contributed by atoms with van der Waals surface area (Å²) in [6, 6.07) is 7.57. The number of carbonyl (C=O) groups is 1. The lowest BCUT2D eigenvalue weighted by Gasteiger charge is -2.15. The van der Waals surface area contributed by atoms with E-state index in [0.717, 1.165) is 9.26 Å². The highest BCUT2D eigenvalue weighted by Crippen LogP contribution is 2.11. The molecule has 17 heavy (non-hydrogen) atoms. The highest BCUT2D eigenvalue weighted by molar-refractivity contribution is 14.1. The third-order valence-electron chi connectivity index (χ3n) is 2.32. The van der Waals surface area contributed by atoms with Crippen LogP contribution < -0.4 is 0 Å². The second-order valence-corrected chi connectivity index (χ2v) is 5.61. The molecular formula is C12H11IN2OS. The van der Waals surface area contributed by atoms with E-state index >= 15 is 0 Å². The monoisotopic (exact) mass is 358 g/mol. The van der Waals surface area contributed by atoms with Crippen LogP contribution >= 0.6 is 33.9 Å². The predicted molar refractivity (Wildman–Crippen MR) is 77.1 cm³/mol. The van der Waals surface area contributed by atoms with Crippen LogP contribution in [-0.4, -0.2) is 22.8 Å². The van der Waals surface area contributed by atoms with Crippen LogP contribution in [0.4, 0.5) is 0 Å². The molecule has 1 amide bonds. The Balaban J connectivity index is 2.07. The van der Waals surface area contributed by atoms with Crippen LogP contribution in [0.2, 0.25) is 0 Å². The molecule has 1 heterocycles. The van der Waals surface area contributed by atoms with Crippen molar-refractivity contribution < 1.29 is 4.79 Å². The summed E-state index contributed by atoms with van der Waals surface area (Å²) in [5.74, 6) is 0.0226. The number of carbonyl (C=O) groups excluding carboxylic acids is 1. The van der Waals surface area contributed by atoms with Crippen molar-refractivity contribution in [3.8, 4) is 0 Å². The fourth-order valence-electron chi connectivity index (χ4n) is 1.44. The quantitative estimate of drug-likeness (QED) is 0.791. The fourth-order valence-corrected chi connectivity index (χ4v) is 2.35. The van der Waals surface area contributed by atoms with E-state index in [4.69, 9.17) is 0 Å². The van der Waals surface area contributed by atoms with Crippen LogP contribution in [0.15, 0.2) is 35.2 Å². The molecular weight excluding hydrogens is 347 g/mol. The smallest absolute Gasteiger partial charge is 0.253 e. The van der Waals surface area contributed by atoms with Crippen molar-refractivity contribution in [3.05, 3.63) is 50.0 Å². The predicted octanol–water partition coefficient (Wildman–Crippen LogP) is 3.02. The van der Waals surface area contributed by atoms with Crippen molar-refractivity contribution in [2.24, 2.45) is 0 Å². The minimum atomic E-state index is 0.0226. The number of benzene rings is 1. The Morgan fingerprint density at radius 1 is 1.41 bits per heavy atom. The van der Waals surface area contributed by atoms with E-state index in [1.807, 2.05) is 29.6 Å². The molecule has 0 fully saturated rings. The van der Waals surface area contributed by atoms with Crippen molar-refractivity contribution in [3.63, 3.8) is 0 Å². The molecule has 0 N–H and O–H groups in total. The van der Waals surface area contributed by atoms with Gasteiger partial charge >= 0.3 is 0 Å². The van der Waals surface area contributed by atoms with Crippen LogP contribution in [0.1, 0.15) is 16.1 Å². The number of nitrogens with zero attached hydrogens (tertiary/aromatic N) is 2. The Morgan fingerprint density at radius 3 is 2.71 bits per heavy atom. The maximum absolute atomic E-state index is 12.1. The standard InChI is InChI=1S/C12H11IN2OS/c1-15(6-11-7-17-8-14-11)12(16)9-2-4-10(13)5-3-9/h2-5,7-8H,6H2,1H3. The van der Waals surface area contributed by atoms with Crippen LogP contribution in [0.3, 0.4) is 0 Å². The first-order valence-electron chi connectivity index (χ1n) is 5.05. The highest BCUT2D eigenvalue weighted by atomic mass is 127. The molecule has 88 valence electrons. The Morgan fingerprint density at radius 2 is 2.12 bits per heavy atom. The molecule has 0 aliphatic rings. The molecule has 0 bridgehead atoms. The van der Waals surface area contributed by atoms with Gasteiger partial charge in [0, 0.05) is 21.6 Å². The van der Waals surface area contributed by atoms with Crippen molar-refractivity contribution in [2.75, 3.05) is 7.05 Å². The molecule has 0 atom stereocenters. The molecule has 1 aromatic heterocycles. The van der Waals surface area contributed by atoms with Crippen LogP contribution in [-0.2, 0) is 6.54 Å². The minimum Gasteiger partial charge on any atom is -0.336 e. The summed E-state index contributed by atoms with van der Waals surface area (Å²) in [5, 5.41) is 1.96. The van der Waals surface area contributed by atoms with Gasteiger partial charge in [-0.3, -0.25) is 4.79 Å². The number of hydrogen-bond acceptors (Lipinski definition) is 3. The molecule has 5 heteroatoms. The molecule has 0 aliphatic carbocycles. The van der Waals surface area contributed by atoms with E-state index < -0.39 is 0 Å². The second kappa shape index (κ2) is 5.59. The normalized spacial score (nSPS) is 10.2. The summed E-state index contributed by atoms with van der Waals surface area (Å²) in [6.07, 6.45) is 0. The molecule has 0 spiro atoms. The molecule has 0 unspecified atom stereocenters. The van der Waals surface area contributed by atoms with Gasteiger partial charge in [0.25, 0.3) is 5.91 Å². The number of halogens is 1. The molecule has 0 aliphatic heterocycles. The molecule has 1 aromatic carbocycles. The second-order valence-electron chi connectivity index (χ2n) is 3.65. The van der Waals surface area contributed by atoms with Gasteiger partial charge in [-0.15, -0.1) is 11.3 Å². The summed E-state index contributed by atoms with van der Waals surface area (Å²) in [5.41, 5.74) is 3.41. The fraction of sp³-hybridized carbons (Fsp3) is 0.167. The average molecular weight is 358 g/mol. The largest absolute Gasteiger partial charge is 0.336 e. The first-order chi connectivity index (χ1) is 8.16. The Hall–Kier alpha value is -0.950. The van der Waals surface area contributed by atoms with E-state index in [-0.39, 0.29) is 5.91 Å². The lowest BCUT2D eigenvalue weighted by atomic mass is 10.2. The molecule has 0 saturated carbocycles. The summed E-state index contributed by atoms with van der Waals surface area (Å²) >= 11 is 3.76. The van der Waals surface area contributed by atoms with Gasteiger partial charge in [0.15, 0.2) is 0 Å². The van der Waals surface area contributed by atoms with E-state index in [1.54, 1.807) is 28.8 Å². The summed E-state index contributed by atoms with van der Waals surface area (Å²) in [7, 11) is 1.79. The van der Waals surface area contributed by atoms with E-state index in [0.29, 0.717) is 12.1 Å². The summed E-state index contributed by atoms with van der Waals surface area (Å²) < 4.78 is 1.13.